The van der Waals surface area contributed by atoms with Gasteiger partial charge in [-0.05, 0) is 49.3 Å². The largest absolute Gasteiger partial charge is 0.393 e. The normalized spacial score (nSPS) is 21.9. The van der Waals surface area contributed by atoms with E-state index >= 15 is 0 Å². The minimum atomic E-state index is -0.432. The van der Waals surface area contributed by atoms with Gasteiger partial charge in [-0.15, -0.1) is 0 Å². The Morgan fingerprint density at radius 3 is 2.95 bits per heavy atom. The molecule has 3 unspecified atom stereocenters. The number of nitrogens with one attached hydrogen (secondary N) is 1. The zero-order valence-corrected chi connectivity index (χ0v) is 13.5. The summed E-state index contributed by atoms with van der Waals surface area (Å²) in [6.45, 7) is 4.27. The molecule has 122 valence electrons. The molecule has 3 atom stereocenters. The number of hydrogen-bond acceptors (Lipinski definition) is 2. The van der Waals surface area contributed by atoms with Crippen LogP contribution in [-0.4, -0.2) is 35.7 Å². The fraction of sp³-hybridized carbons (Fsp3) is 0.588. The topological polar surface area (TPSA) is 52.6 Å². The first-order chi connectivity index (χ1) is 10.4. The Morgan fingerprint density at radius 2 is 2.27 bits per heavy atom. The van der Waals surface area contributed by atoms with Gasteiger partial charge in [0.25, 0.3) is 0 Å². The Bertz CT molecular complexity index is 533. The van der Waals surface area contributed by atoms with E-state index in [0.717, 1.165) is 17.5 Å². The molecule has 0 saturated heterocycles. The zero-order chi connectivity index (χ0) is 16.3. The predicted octanol–water partition coefficient (Wildman–Crippen LogP) is 2.86. The van der Waals surface area contributed by atoms with Gasteiger partial charge in [0.1, 0.15) is 5.82 Å². The molecule has 0 heterocycles. The van der Waals surface area contributed by atoms with E-state index in [0.29, 0.717) is 19.4 Å². The third-order valence-electron chi connectivity index (χ3n) is 4.42. The lowest BCUT2D eigenvalue weighted by Crippen LogP contribution is -2.43. The van der Waals surface area contributed by atoms with Crippen LogP contribution in [0.2, 0.25) is 0 Å². The molecule has 2 rings (SSSR count). The fourth-order valence-electron chi connectivity index (χ4n) is 2.92. The second-order valence-corrected chi connectivity index (χ2v) is 6.31. The van der Waals surface area contributed by atoms with Crippen molar-refractivity contribution in [3.05, 3.63) is 35.1 Å². The SMILES string of the molecule is CC(O)CCN(C)C(=O)NC1c2cccc(F)c2CCC1C. The lowest BCUT2D eigenvalue weighted by atomic mass is 9.80. The van der Waals surface area contributed by atoms with Gasteiger partial charge in [-0.25, -0.2) is 9.18 Å². The molecule has 1 aromatic rings. The lowest BCUT2D eigenvalue weighted by molar-refractivity contribution is 0.160. The summed E-state index contributed by atoms with van der Waals surface area (Å²) in [5.41, 5.74) is 1.61. The van der Waals surface area contributed by atoms with Crippen molar-refractivity contribution >= 4 is 6.03 Å². The first-order valence-corrected chi connectivity index (χ1v) is 7.87. The molecule has 0 fully saturated rings. The highest BCUT2D eigenvalue weighted by Gasteiger charge is 2.30. The van der Waals surface area contributed by atoms with Crippen LogP contribution in [0.5, 0.6) is 0 Å². The molecule has 5 heteroatoms. The Balaban J connectivity index is 2.09. The Morgan fingerprint density at radius 1 is 1.55 bits per heavy atom. The summed E-state index contributed by atoms with van der Waals surface area (Å²) in [5, 5.41) is 12.3. The molecular weight excluding hydrogens is 283 g/mol. The number of hydrogen-bond donors (Lipinski definition) is 2. The molecule has 2 N–H and O–H groups in total. The average molecular weight is 308 g/mol. The van der Waals surface area contributed by atoms with Crippen molar-refractivity contribution in [2.24, 2.45) is 5.92 Å². The maximum absolute atomic E-state index is 13.9. The average Bonchev–Trinajstić information content (AvgIpc) is 2.47. The zero-order valence-electron chi connectivity index (χ0n) is 13.5. The van der Waals surface area contributed by atoms with Gasteiger partial charge < -0.3 is 15.3 Å². The smallest absolute Gasteiger partial charge is 0.317 e. The summed E-state index contributed by atoms with van der Waals surface area (Å²) in [4.78, 5) is 13.9. The van der Waals surface area contributed by atoms with Crippen LogP contribution in [0.15, 0.2) is 18.2 Å². The molecule has 22 heavy (non-hydrogen) atoms. The highest BCUT2D eigenvalue weighted by Crippen LogP contribution is 2.35. The van der Waals surface area contributed by atoms with Gasteiger partial charge in [0.05, 0.1) is 12.1 Å². The summed E-state index contributed by atoms with van der Waals surface area (Å²) in [7, 11) is 1.71. The summed E-state index contributed by atoms with van der Waals surface area (Å²) >= 11 is 0. The number of rotatable bonds is 4. The van der Waals surface area contributed by atoms with Gasteiger partial charge in [0, 0.05) is 13.6 Å². The number of carbonyl (C=O) groups is 1. The van der Waals surface area contributed by atoms with E-state index < -0.39 is 6.10 Å². The van der Waals surface area contributed by atoms with Crippen molar-refractivity contribution in [3.63, 3.8) is 0 Å². The fourth-order valence-corrected chi connectivity index (χ4v) is 2.92. The van der Waals surface area contributed by atoms with E-state index in [1.807, 2.05) is 6.07 Å². The molecule has 1 aromatic carbocycles. The molecule has 0 radical (unpaired) electrons. The number of amides is 2. The van der Waals surface area contributed by atoms with Crippen molar-refractivity contribution in [1.82, 2.24) is 10.2 Å². The Labute approximate surface area is 131 Å². The highest BCUT2D eigenvalue weighted by molar-refractivity contribution is 5.74. The van der Waals surface area contributed by atoms with Crippen LogP contribution in [0.3, 0.4) is 0 Å². The first-order valence-electron chi connectivity index (χ1n) is 7.87. The minimum absolute atomic E-state index is 0.166. The number of halogens is 1. The van der Waals surface area contributed by atoms with Gasteiger partial charge in [-0.2, -0.15) is 0 Å². The van der Waals surface area contributed by atoms with E-state index in [4.69, 9.17) is 0 Å². The number of benzene rings is 1. The molecular formula is C17H25FN2O2. The van der Waals surface area contributed by atoms with E-state index in [9.17, 15) is 14.3 Å². The maximum Gasteiger partial charge on any atom is 0.317 e. The molecule has 1 aliphatic rings. The van der Waals surface area contributed by atoms with E-state index in [2.05, 4.69) is 12.2 Å². The van der Waals surface area contributed by atoms with Gasteiger partial charge in [-0.1, -0.05) is 19.1 Å². The molecule has 0 spiro atoms. The van der Waals surface area contributed by atoms with Crippen molar-refractivity contribution < 1.29 is 14.3 Å². The molecule has 0 aliphatic heterocycles. The highest BCUT2D eigenvalue weighted by atomic mass is 19.1. The number of fused-ring (bicyclic) bond motifs is 1. The van der Waals surface area contributed by atoms with Gasteiger partial charge in [0.15, 0.2) is 0 Å². The third-order valence-corrected chi connectivity index (χ3v) is 4.42. The minimum Gasteiger partial charge on any atom is -0.393 e. The molecule has 0 aromatic heterocycles. The van der Waals surface area contributed by atoms with Crippen molar-refractivity contribution in [3.8, 4) is 0 Å². The summed E-state index contributed by atoms with van der Waals surface area (Å²) in [5.74, 6) is 0.0783. The number of nitrogens with zero attached hydrogens (tertiary/aromatic N) is 1. The second-order valence-electron chi connectivity index (χ2n) is 6.31. The van der Waals surface area contributed by atoms with Crippen LogP contribution in [0.4, 0.5) is 9.18 Å². The van der Waals surface area contributed by atoms with Crippen LogP contribution < -0.4 is 5.32 Å². The van der Waals surface area contributed by atoms with Gasteiger partial charge in [-0.3, -0.25) is 0 Å². The second kappa shape index (κ2) is 7.09. The summed E-state index contributed by atoms with van der Waals surface area (Å²) < 4.78 is 13.9. The molecule has 2 amide bonds. The number of aliphatic hydroxyl groups excluding tert-OH is 1. The molecule has 0 saturated carbocycles. The van der Waals surface area contributed by atoms with Crippen LogP contribution in [0.1, 0.15) is 43.9 Å². The molecule has 0 bridgehead atoms. The lowest BCUT2D eigenvalue weighted by Gasteiger charge is -2.33. The molecule has 4 nitrogen and oxygen atoms in total. The number of carbonyl (C=O) groups excluding carboxylic acids is 1. The third kappa shape index (κ3) is 3.77. The van der Waals surface area contributed by atoms with E-state index in [1.54, 1.807) is 24.9 Å². The van der Waals surface area contributed by atoms with Crippen LogP contribution in [-0.2, 0) is 6.42 Å². The predicted molar refractivity (Wildman–Crippen MR) is 84.1 cm³/mol. The summed E-state index contributed by atoms with van der Waals surface area (Å²) in [6.07, 6.45) is 1.68. The van der Waals surface area contributed by atoms with Crippen molar-refractivity contribution in [2.45, 2.75) is 45.3 Å². The molecule has 1 aliphatic carbocycles. The van der Waals surface area contributed by atoms with Gasteiger partial charge in [0.2, 0.25) is 0 Å². The first kappa shape index (κ1) is 16.7. The van der Waals surface area contributed by atoms with Crippen LogP contribution in [0.25, 0.3) is 0 Å². The van der Waals surface area contributed by atoms with E-state index in [1.165, 1.54) is 6.07 Å². The monoisotopic (exact) mass is 308 g/mol. The van der Waals surface area contributed by atoms with Crippen molar-refractivity contribution in [2.75, 3.05) is 13.6 Å². The maximum atomic E-state index is 13.9. The summed E-state index contributed by atoms with van der Waals surface area (Å²) in [6, 6.07) is 4.72. The van der Waals surface area contributed by atoms with E-state index in [-0.39, 0.29) is 23.8 Å². The quantitative estimate of drug-likeness (QED) is 0.898. The number of aliphatic hydroxyl groups is 1. The number of urea groups is 1. The van der Waals surface area contributed by atoms with Crippen LogP contribution >= 0.6 is 0 Å². The standard InChI is InChI=1S/C17H25FN2O2/c1-11-7-8-13-14(5-4-6-15(13)18)16(11)19-17(22)20(3)10-9-12(2)21/h4-6,11-12,16,21H,7-10H2,1-3H3,(H,19,22). The Hall–Kier alpha value is -1.62. The van der Waals surface area contributed by atoms with Gasteiger partial charge >= 0.3 is 6.03 Å². The van der Waals surface area contributed by atoms with Crippen molar-refractivity contribution in [1.29, 1.82) is 0 Å². The van der Waals surface area contributed by atoms with Crippen LogP contribution in [0, 0.1) is 11.7 Å². The Kier molecular flexibility index (Phi) is 5.40.